The summed E-state index contributed by atoms with van der Waals surface area (Å²) in [6.45, 7) is 5.68. The first-order valence-corrected chi connectivity index (χ1v) is 4.66. The number of hydrogen-bond donors (Lipinski definition) is 1. The molecular formula is C10H11N5. The van der Waals surface area contributed by atoms with Gasteiger partial charge in [0, 0.05) is 0 Å². The topological polar surface area (TPSA) is 77.6 Å². The number of fused-ring (bicyclic) bond motifs is 1. The van der Waals surface area contributed by atoms with Gasteiger partial charge in [0.25, 0.3) is 0 Å². The van der Waals surface area contributed by atoms with Crippen LogP contribution in [0.25, 0.3) is 17.2 Å². The summed E-state index contributed by atoms with van der Waals surface area (Å²) < 4.78 is 0. The largest absolute Gasteiger partial charge is 0.368 e. The second kappa shape index (κ2) is 3.61. The lowest BCUT2D eigenvalue weighted by Crippen LogP contribution is -2.02. The van der Waals surface area contributed by atoms with Gasteiger partial charge in [0.15, 0.2) is 5.65 Å². The summed E-state index contributed by atoms with van der Waals surface area (Å²) in [5, 5.41) is 0. The van der Waals surface area contributed by atoms with Crippen LogP contribution < -0.4 is 5.73 Å². The van der Waals surface area contributed by atoms with Crippen molar-refractivity contribution in [2.24, 2.45) is 0 Å². The van der Waals surface area contributed by atoms with Gasteiger partial charge in [-0.2, -0.15) is 4.98 Å². The molecule has 0 spiro atoms. The van der Waals surface area contributed by atoms with Crippen molar-refractivity contribution in [3.63, 3.8) is 0 Å². The maximum Gasteiger partial charge on any atom is 0.222 e. The lowest BCUT2D eigenvalue weighted by molar-refractivity contribution is 1.01. The van der Waals surface area contributed by atoms with Crippen LogP contribution in [0.5, 0.6) is 0 Å². The number of nitrogens with zero attached hydrogens (tertiary/aromatic N) is 4. The quantitative estimate of drug-likeness (QED) is 0.790. The minimum absolute atomic E-state index is 0.191. The SMILES string of the molecule is C=Cc1nc(N)nc2ncc(CC)nc12. The fourth-order valence-electron chi connectivity index (χ4n) is 1.30. The first kappa shape index (κ1) is 9.51. The lowest BCUT2D eigenvalue weighted by Gasteiger charge is -2.02. The Labute approximate surface area is 87.1 Å². The predicted octanol–water partition coefficient (Wildman–Crippen LogP) is 1.21. The van der Waals surface area contributed by atoms with Gasteiger partial charge >= 0.3 is 0 Å². The molecule has 0 aromatic carbocycles. The minimum Gasteiger partial charge on any atom is -0.368 e. The molecule has 0 aliphatic rings. The van der Waals surface area contributed by atoms with Gasteiger partial charge in [-0.05, 0) is 12.5 Å². The smallest absolute Gasteiger partial charge is 0.222 e. The maximum absolute atomic E-state index is 5.53. The van der Waals surface area contributed by atoms with Gasteiger partial charge in [-0.1, -0.05) is 13.5 Å². The Morgan fingerprint density at radius 3 is 2.87 bits per heavy atom. The Kier molecular flexibility index (Phi) is 2.29. The number of hydrogen-bond acceptors (Lipinski definition) is 5. The standard InChI is InChI=1S/C10H11N5/c1-3-6-5-12-9-8(13-6)7(4-2)14-10(11)15-9/h4-5H,2-3H2,1H3,(H2,11,12,14,15). The highest BCUT2D eigenvalue weighted by Crippen LogP contribution is 2.13. The van der Waals surface area contributed by atoms with Gasteiger partial charge in [0.2, 0.25) is 5.95 Å². The van der Waals surface area contributed by atoms with Crippen LogP contribution in [-0.4, -0.2) is 19.9 Å². The Balaban J connectivity index is 2.79. The fourth-order valence-corrected chi connectivity index (χ4v) is 1.30. The summed E-state index contributed by atoms with van der Waals surface area (Å²) in [5.74, 6) is 0.191. The third-order valence-electron chi connectivity index (χ3n) is 2.06. The van der Waals surface area contributed by atoms with Crippen molar-refractivity contribution >= 4 is 23.2 Å². The van der Waals surface area contributed by atoms with Crippen molar-refractivity contribution in [2.75, 3.05) is 5.73 Å². The second-order valence-electron chi connectivity index (χ2n) is 3.06. The van der Waals surface area contributed by atoms with E-state index < -0.39 is 0 Å². The lowest BCUT2D eigenvalue weighted by atomic mass is 10.3. The number of nitrogens with two attached hydrogens (primary N) is 1. The Morgan fingerprint density at radius 2 is 2.20 bits per heavy atom. The molecule has 0 radical (unpaired) electrons. The van der Waals surface area contributed by atoms with Crippen molar-refractivity contribution in [2.45, 2.75) is 13.3 Å². The highest BCUT2D eigenvalue weighted by molar-refractivity contribution is 5.79. The van der Waals surface area contributed by atoms with Crippen molar-refractivity contribution in [3.05, 3.63) is 24.2 Å². The van der Waals surface area contributed by atoms with E-state index in [2.05, 4.69) is 26.5 Å². The number of nitrogen functional groups attached to an aromatic ring is 1. The van der Waals surface area contributed by atoms with Crippen molar-refractivity contribution < 1.29 is 0 Å². The third kappa shape index (κ3) is 1.63. The molecule has 76 valence electrons. The third-order valence-corrected chi connectivity index (χ3v) is 2.06. The van der Waals surface area contributed by atoms with E-state index in [4.69, 9.17) is 5.73 Å². The average Bonchev–Trinajstić information content (AvgIpc) is 2.27. The van der Waals surface area contributed by atoms with Gasteiger partial charge in [0.05, 0.1) is 17.6 Å². The maximum atomic E-state index is 5.53. The van der Waals surface area contributed by atoms with E-state index in [9.17, 15) is 0 Å². The molecule has 0 bridgehead atoms. The van der Waals surface area contributed by atoms with Gasteiger partial charge in [-0.25, -0.2) is 15.0 Å². The molecule has 5 nitrogen and oxygen atoms in total. The molecule has 0 fully saturated rings. The molecular weight excluding hydrogens is 190 g/mol. The zero-order chi connectivity index (χ0) is 10.8. The van der Waals surface area contributed by atoms with Gasteiger partial charge in [0.1, 0.15) is 5.52 Å². The first-order valence-electron chi connectivity index (χ1n) is 4.66. The van der Waals surface area contributed by atoms with Crippen molar-refractivity contribution in [1.29, 1.82) is 0 Å². The normalized spacial score (nSPS) is 10.5. The average molecular weight is 201 g/mol. The van der Waals surface area contributed by atoms with E-state index >= 15 is 0 Å². The van der Waals surface area contributed by atoms with Crippen LogP contribution in [0.15, 0.2) is 12.8 Å². The van der Waals surface area contributed by atoms with Crippen LogP contribution in [0.1, 0.15) is 18.3 Å². The summed E-state index contributed by atoms with van der Waals surface area (Å²) >= 11 is 0. The zero-order valence-electron chi connectivity index (χ0n) is 8.44. The van der Waals surface area contributed by atoms with Crippen LogP contribution in [0.3, 0.4) is 0 Å². The summed E-state index contributed by atoms with van der Waals surface area (Å²) in [6.07, 6.45) is 4.13. The molecule has 0 saturated heterocycles. The number of aryl methyl sites for hydroxylation is 1. The molecule has 0 amide bonds. The van der Waals surface area contributed by atoms with Crippen LogP contribution in [0.4, 0.5) is 5.95 Å². The monoisotopic (exact) mass is 201 g/mol. The summed E-state index contributed by atoms with van der Waals surface area (Å²) in [7, 11) is 0. The van der Waals surface area contributed by atoms with E-state index in [1.165, 1.54) is 0 Å². The van der Waals surface area contributed by atoms with Gasteiger partial charge in [-0.15, -0.1) is 0 Å². The summed E-state index contributed by atoms with van der Waals surface area (Å²) in [5.41, 5.74) is 8.22. The van der Waals surface area contributed by atoms with E-state index in [0.29, 0.717) is 16.9 Å². The van der Waals surface area contributed by atoms with Crippen LogP contribution in [-0.2, 0) is 6.42 Å². The molecule has 2 aromatic heterocycles. The Morgan fingerprint density at radius 1 is 1.40 bits per heavy atom. The van der Waals surface area contributed by atoms with E-state index in [1.54, 1.807) is 12.3 Å². The summed E-state index contributed by atoms with van der Waals surface area (Å²) in [6, 6.07) is 0. The molecule has 5 heteroatoms. The van der Waals surface area contributed by atoms with Crippen LogP contribution in [0, 0.1) is 0 Å². The predicted molar refractivity (Wildman–Crippen MR) is 59.0 cm³/mol. The highest BCUT2D eigenvalue weighted by Gasteiger charge is 2.06. The highest BCUT2D eigenvalue weighted by atomic mass is 15.0. The van der Waals surface area contributed by atoms with Gasteiger partial charge < -0.3 is 5.73 Å². The number of rotatable bonds is 2. The second-order valence-corrected chi connectivity index (χ2v) is 3.06. The van der Waals surface area contributed by atoms with Crippen molar-refractivity contribution in [1.82, 2.24) is 19.9 Å². The van der Waals surface area contributed by atoms with E-state index in [1.807, 2.05) is 6.92 Å². The molecule has 0 atom stereocenters. The molecule has 15 heavy (non-hydrogen) atoms. The van der Waals surface area contributed by atoms with E-state index in [-0.39, 0.29) is 5.95 Å². The molecule has 0 aliphatic heterocycles. The molecule has 2 N–H and O–H groups in total. The van der Waals surface area contributed by atoms with Gasteiger partial charge in [-0.3, -0.25) is 0 Å². The van der Waals surface area contributed by atoms with Crippen LogP contribution in [0.2, 0.25) is 0 Å². The Bertz CT molecular complexity index is 520. The van der Waals surface area contributed by atoms with Crippen LogP contribution >= 0.6 is 0 Å². The number of aromatic nitrogens is 4. The molecule has 2 heterocycles. The first-order chi connectivity index (χ1) is 7.24. The number of anilines is 1. The molecule has 2 rings (SSSR count). The molecule has 0 saturated carbocycles. The zero-order valence-corrected chi connectivity index (χ0v) is 8.44. The van der Waals surface area contributed by atoms with E-state index in [0.717, 1.165) is 12.1 Å². The molecule has 2 aromatic rings. The summed E-state index contributed by atoms with van der Waals surface area (Å²) in [4.78, 5) is 16.6. The minimum atomic E-state index is 0.191. The fraction of sp³-hybridized carbons (Fsp3) is 0.200. The molecule has 0 aliphatic carbocycles. The Hall–Kier alpha value is -2.04. The molecule has 0 unspecified atom stereocenters. The van der Waals surface area contributed by atoms with Crippen molar-refractivity contribution in [3.8, 4) is 0 Å².